The Morgan fingerprint density at radius 2 is 1.90 bits per heavy atom. The second kappa shape index (κ2) is 9.64. The van der Waals surface area contributed by atoms with Crippen molar-refractivity contribution >= 4 is 28.4 Å². The van der Waals surface area contributed by atoms with Gasteiger partial charge in [0.1, 0.15) is 6.10 Å². The normalized spacial score (nSPS) is 16.6. The second-order valence-corrected chi connectivity index (χ2v) is 9.40. The summed E-state index contributed by atoms with van der Waals surface area (Å²) in [5.74, 6) is 0. The first-order chi connectivity index (χ1) is 14.9. The number of aromatic nitrogens is 2. The van der Waals surface area contributed by atoms with Crippen LogP contribution in [0.2, 0.25) is 0 Å². The molecular formula is C21H23F3N4OS2. The number of hydrogen-bond donors (Lipinski definition) is 2. The number of alkyl halides is 3. The van der Waals surface area contributed by atoms with Gasteiger partial charge in [-0.2, -0.15) is 13.2 Å². The Morgan fingerprint density at radius 3 is 2.52 bits per heavy atom. The van der Waals surface area contributed by atoms with Crippen LogP contribution in [-0.4, -0.2) is 40.8 Å². The molecule has 1 aliphatic heterocycles. The highest BCUT2D eigenvalue weighted by atomic mass is 32.1. The average Bonchev–Trinajstić information content (AvgIpc) is 3.45. The van der Waals surface area contributed by atoms with Crippen molar-refractivity contribution < 1.29 is 18.3 Å². The molecule has 1 saturated heterocycles. The molecule has 4 rings (SSSR count). The van der Waals surface area contributed by atoms with E-state index in [2.05, 4.69) is 44.5 Å². The van der Waals surface area contributed by atoms with Gasteiger partial charge in [0.2, 0.25) is 0 Å². The van der Waals surface area contributed by atoms with E-state index >= 15 is 0 Å². The zero-order valence-electron chi connectivity index (χ0n) is 16.7. The summed E-state index contributed by atoms with van der Waals surface area (Å²) >= 11 is 2.17. The summed E-state index contributed by atoms with van der Waals surface area (Å²) in [7, 11) is 0. The average molecular weight is 469 g/mol. The maximum absolute atomic E-state index is 12.7. The molecule has 0 unspecified atom stereocenters. The van der Waals surface area contributed by atoms with Crippen LogP contribution in [0.4, 0.5) is 18.9 Å². The van der Waals surface area contributed by atoms with E-state index in [1.54, 1.807) is 11.3 Å². The van der Waals surface area contributed by atoms with E-state index in [1.807, 2.05) is 11.7 Å². The van der Waals surface area contributed by atoms with E-state index in [9.17, 15) is 18.3 Å². The fourth-order valence-corrected chi connectivity index (χ4v) is 5.01. The zero-order valence-corrected chi connectivity index (χ0v) is 18.3. The van der Waals surface area contributed by atoms with E-state index in [4.69, 9.17) is 0 Å². The van der Waals surface area contributed by atoms with Crippen molar-refractivity contribution in [2.24, 2.45) is 0 Å². The number of nitrogens with one attached hydrogen (secondary N) is 1. The first-order valence-electron chi connectivity index (χ1n) is 10.0. The summed E-state index contributed by atoms with van der Waals surface area (Å²) in [4.78, 5) is 11.2. The van der Waals surface area contributed by atoms with Gasteiger partial charge < -0.3 is 15.3 Å². The molecule has 0 radical (unpaired) electrons. The standard InChI is InChI=1S/C21H23F3N4OS2/c22-21(23,24)20-27-18(12-30-20)19(29)11-26-15-5-7-28(8-6-15)16-3-1-14(2-4-16)9-17-10-25-13-31-17/h1-4,10,12-13,15,19,26,29H,5-9,11H2/t19-/m0/s1. The third kappa shape index (κ3) is 5.82. The van der Waals surface area contributed by atoms with E-state index in [-0.39, 0.29) is 18.3 Å². The number of halogens is 3. The molecular weight excluding hydrogens is 445 g/mol. The van der Waals surface area contributed by atoms with Gasteiger partial charge in [-0.1, -0.05) is 12.1 Å². The van der Waals surface area contributed by atoms with Crippen LogP contribution in [0.25, 0.3) is 0 Å². The summed E-state index contributed by atoms with van der Waals surface area (Å²) in [6.45, 7) is 1.96. The molecule has 31 heavy (non-hydrogen) atoms. The van der Waals surface area contributed by atoms with Crippen molar-refractivity contribution in [2.75, 3.05) is 24.5 Å². The molecule has 5 nitrogen and oxygen atoms in total. The number of aliphatic hydroxyl groups excluding tert-OH is 1. The highest BCUT2D eigenvalue weighted by Crippen LogP contribution is 2.33. The number of benzene rings is 1. The van der Waals surface area contributed by atoms with Crippen LogP contribution in [0.3, 0.4) is 0 Å². The van der Waals surface area contributed by atoms with Gasteiger partial charge in [-0.05, 0) is 30.5 Å². The van der Waals surface area contributed by atoms with Crippen molar-refractivity contribution in [3.63, 3.8) is 0 Å². The van der Waals surface area contributed by atoms with E-state index < -0.39 is 17.3 Å². The van der Waals surface area contributed by atoms with Crippen LogP contribution in [0.1, 0.15) is 40.1 Å². The number of piperidine rings is 1. The smallest absolute Gasteiger partial charge is 0.385 e. The maximum atomic E-state index is 12.7. The van der Waals surface area contributed by atoms with Crippen LogP contribution in [0.15, 0.2) is 41.4 Å². The molecule has 1 atom stereocenters. The van der Waals surface area contributed by atoms with E-state index in [1.165, 1.54) is 21.5 Å². The van der Waals surface area contributed by atoms with E-state index in [0.29, 0.717) is 11.3 Å². The fraction of sp³-hybridized carbons (Fsp3) is 0.429. The highest BCUT2D eigenvalue weighted by Gasteiger charge is 2.35. The van der Waals surface area contributed by atoms with Crippen molar-refractivity contribution in [1.29, 1.82) is 0 Å². The fourth-order valence-electron chi connectivity index (χ4n) is 3.65. The summed E-state index contributed by atoms with van der Waals surface area (Å²) < 4.78 is 38.0. The van der Waals surface area contributed by atoms with Crippen molar-refractivity contribution in [3.8, 4) is 0 Å². The molecule has 2 aromatic heterocycles. The topological polar surface area (TPSA) is 61.3 Å². The molecule has 1 aromatic carbocycles. The molecule has 1 aliphatic rings. The minimum Gasteiger partial charge on any atom is -0.385 e. The summed E-state index contributed by atoms with van der Waals surface area (Å²) in [6.07, 6.45) is -0.918. The lowest BCUT2D eigenvalue weighted by Crippen LogP contribution is -2.43. The van der Waals surface area contributed by atoms with Crippen LogP contribution in [0, 0.1) is 0 Å². The van der Waals surface area contributed by atoms with Crippen molar-refractivity contribution in [2.45, 2.75) is 37.6 Å². The van der Waals surface area contributed by atoms with Crippen LogP contribution in [-0.2, 0) is 12.6 Å². The van der Waals surface area contributed by atoms with Gasteiger partial charge in [0.05, 0.1) is 11.2 Å². The minimum absolute atomic E-state index is 0.0701. The van der Waals surface area contributed by atoms with E-state index in [0.717, 1.165) is 32.4 Å². The van der Waals surface area contributed by atoms with Gasteiger partial charge in [0.25, 0.3) is 0 Å². The van der Waals surface area contributed by atoms with Gasteiger partial charge in [-0.3, -0.25) is 4.98 Å². The molecule has 1 fully saturated rings. The first kappa shape index (κ1) is 22.2. The molecule has 166 valence electrons. The number of nitrogens with zero attached hydrogens (tertiary/aromatic N) is 3. The number of thiazole rings is 2. The number of rotatable bonds is 7. The molecule has 0 bridgehead atoms. The van der Waals surface area contributed by atoms with Gasteiger partial charge in [0.15, 0.2) is 5.01 Å². The number of anilines is 1. The monoisotopic (exact) mass is 468 g/mol. The molecule has 0 saturated carbocycles. The van der Waals surface area contributed by atoms with Gasteiger partial charge >= 0.3 is 6.18 Å². The SMILES string of the molecule is O[C@@H](CNC1CCN(c2ccc(Cc3cncs3)cc2)CC1)c1csc(C(F)(F)F)n1. The minimum atomic E-state index is -4.47. The van der Waals surface area contributed by atoms with Crippen molar-refractivity contribution in [1.82, 2.24) is 15.3 Å². The summed E-state index contributed by atoms with van der Waals surface area (Å²) in [5.41, 5.74) is 4.36. The highest BCUT2D eigenvalue weighted by molar-refractivity contribution is 7.10. The Morgan fingerprint density at radius 1 is 1.16 bits per heavy atom. The molecule has 0 aliphatic carbocycles. The summed E-state index contributed by atoms with van der Waals surface area (Å²) in [5, 5.41) is 13.8. The predicted molar refractivity (Wildman–Crippen MR) is 117 cm³/mol. The molecule has 0 spiro atoms. The largest absolute Gasteiger partial charge is 0.443 e. The van der Waals surface area contributed by atoms with Gasteiger partial charge in [0, 0.05) is 54.2 Å². The number of hydrogen-bond acceptors (Lipinski definition) is 7. The Bertz CT molecular complexity index is 952. The van der Waals surface area contributed by atoms with Gasteiger partial charge in [-0.15, -0.1) is 22.7 Å². The first-order valence-corrected chi connectivity index (χ1v) is 11.8. The third-order valence-electron chi connectivity index (χ3n) is 5.36. The lowest BCUT2D eigenvalue weighted by atomic mass is 10.0. The predicted octanol–water partition coefficient (Wildman–Crippen LogP) is 4.50. The molecule has 0 amide bonds. The van der Waals surface area contributed by atoms with Crippen LogP contribution >= 0.6 is 22.7 Å². The quantitative estimate of drug-likeness (QED) is 0.535. The Kier molecular flexibility index (Phi) is 6.90. The third-order valence-corrected chi connectivity index (χ3v) is 7.05. The number of aliphatic hydroxyl groups is 1. The van der Waals surface area contributed by atoms with Crippen LogP contribution in [0.5, 0.6) is 0 Å². The second-order valence-electron chi connectivity index (χ2n) is 7.57. The molecule has 2 N–H and O–H groups in total. The van der Waals surface area contributed by atoms with Crippen molar-refractivity contribution in [3.05, 3.63) is 62.5 Å². The Balaban J connectivity index is 1.23. The lowest BCUT2D eigenvalue weighted by Gasteiger charge is -2.34. The van der Waals surface area contributed by atoms with Crippen LogP contribution < -0.4 is 10.2 Å². The Hall–Kier alpha value is -2.01. The lowest BCUT2D eigenvalue weighted by molar-refractivity contribution is -0.137. The zero-order chi connectivity index (χ0) is 21.8. The molecule has 3 aromatic rings. The van der Waals surface area contributed by atoms with Gasteiger partial charge in [-0.25, -0.2) is 4.98 Å². The Labute approximate surface area is 186 Å². The molecule has 10 heteroatoms. The summed E-state index contributed by atoms with van der Waals surface area (Å²) in [6, 6.07) is 8.82. The molecule has 3 heterocycles. The maximum Gasteiger partial charge on any atom is 0.443 e.